The number of rotatable bonds is 3. The highest BCUT2D eigenvalue weighted by Crippen LogP contribution is 2.29. The Morgan fingerprint density at radius 2 is 1.69 bits per heavy atom. The Morgan fingerprint density at radius 1 is 0.808 bits per heavy atom. The van der Waals surface area contributed by atoms with E-state index in [0.29, 0.717) is 5.82 Å². The summed E-state index contributed by atoms with van der Waals surface area (Å²) in [6, 6.07) is 17.8. The van der Waals surface area contributed by atoms with Crippen LogP contribution < -0.4 is 5.32 Å². The highest BCUT2D eigenvalue weighted by atomic mass is 15.1. The van der Waals surface area contributed by atoms with Crippen LogP contribution in [0, 0.1) is 0 Å². The monoisotopic (exact) mass is 338 g/mol. The minimum Gasteiger partial charge on any atom is -0.339 e. The molecule has 0 aliphatic rings. The zero-order valence-electron chi connectivity index (χ0n) is 13.7. The van der Waals surface area contributed by atoms with E-state index in [2.05, 4.69) is 20.5 Å². The van der Waals surface area contributed by atoms with Gasteiger partial charge in [-0.25, -0.2) is 9.97 Å². The van der Waals surface area contributed by atoms with Crippen LogP contribution in [0.3, 0.4) is 0 Å². The fourth-order valence-corrected chi connectivity index (χ4v) is 3.01. The SMILES string of the molecule is c1ccc2c(Nc3cccc4[nH]ncc34)nc(-c3ccncc3)nc2c1. The van der Waals surface area contributed by atoms with Crippen molar-refractivity contribution in [3.63, 3.8) is 0 Å². The maximum Gasteiger partial charge on any atom is 0.162 e. The Morgan fingerprint density at radius 3 is 2.62 bits per heavy atom. The highest BCUT2D eigenvalue weighted by molar-refractivity contribution is 5.97. The quantitative estimate of drug-likeness (QED) is 0.512. The molecule has 3 heterocycles. The summed E-state index contributed by atoms with van der Waals surface area (Å²) in [6.45, 7) is 0. The standard InChI is InChI=1S/C20H14N6/c1-2-5-16-14(4-1)20(25-19(23-16)13-8-10-21-11-9-13)24-17-6-3-7-18-15(17)12-22-26-18/h1-12H,(H,22,26)(H,23,24,25). The average Bonchev–Trinajstić information content (AvgIpc) is 3.18. The number of hydrogen-bond donors (Lipinski definition) is 2. The molecule has 0 fully saturated rings. The second-order valence-electron chi connectivity index (χ2n) is 5.91. The van der Waals surface area contributed by atoms with Crippen LogP contribution in [0.5, 0.6) is 0 Å². The van der Waals surface area contributed by atoms with Crippen LogP contribution in [0.4, 0.5) is 11.5 Å². The fraction of sp³-hybridized carbons (Fsp3) is 0. The molecule has 26 heavy (non-hydrogen) atoms. The Labute approximate surface area is 149 Å². The highest BCUT2D eigenvalue weighted by Gasteiger charge is 2.11. The van der Waals surface area contributed by atoms with Crippen LogP contribution in [0.2, 0.25) is 0 Å². The van der Waals surface area contributed by atoms with Crippen LogP contribution >= 0.6 is 0 Å². The molecule has 2 N–H and O–H groups in total. The Balaban J connectivity index is 1.70. The summed E-state index contributed by atoms with van der Waals surface area (Å²) >= 11 is 0. The number of para-hydroxylation sites is 1. The van der Waals surface area contributed by atoms with Gasteiger partial charge in [0.05, 0.1) is 22.9 Å². The Hall–Kier alpha value is -3.80. The van der Waals surface area contributed by atoms with Crippen molar-refractivity contribution in [1.29, 1.82) is 0 Å². The zero-order valence-corrected chi connectivity index (χ0v) is 13.7. The smallest absolute Gasteiger partial charge is 0.162 e. The van der Waals surface area contributed by atoms with E-state index in [-0.39, 0.29) is 0 Å². The van der Waals surface area contributed by atoms with Gasteiger partial charge in [0.15, 0.2) is 5.82 Å². The topological polar surface area (TPSA) is 79.4 Å². The first-order valence-corrected chi connectivity index (χ1v) is 8.25. The maximum absolute atomic E-state index is 4.78. The molecule has 0 bridgehead atoms. The van der Waals surface area contributed by atoms with Crippen LogP contribution in [-0.2, 0) is 0 Å². The van der Waals surface area contributed by atoms with Crippen molar-refractivity contribution >= 4 is 33.3 Å². The third kappa shape index (κ3) is 2.44. The molecule has 6 nitrogen and oxygen atoms in total. The van der Waals surface area contributed by atoms with Crippen LogP contribution in [0.1, 0.15) is 0 Å². The normalized spacial score (nSPS) is 11.1. The second-order valence-corrected chi connectivity index (χ2v) is 5.91. The lowest BCUT2D eigenvalue weighted by Gasteiger charge is -2.11. The summed E-state index contributed by atoms with van der Waals surface area (Å²) in [5.41, 5.74) is 3.73. The van der Waals surface area contributed by atoms with E-state index in [4.69, 9.17) is 9.97 Å². The van der Waals surface area contributed by atoms with E-state index in [0.717, 1.165) is 38.9 Å². The number of H-pyrrole nitrogens is 1. The molecule has 6 heteroatoms. The lowest BCUT2D eigenvalue weighted by atomic mass is 10.2. The number of benzene rings is 2. The van der Waals surface area contributed by atoms with Crippen LogP contribution in [0.25, 0.3) is 33.2 Å². The summed E-state index contributed by atoms with van der Waals surface area (Å²) in [4.78, 5) is 13.5. The van der Waals surface area contributed by atoms with Gasteiger partial charge in [-0.2, -0.15) is 5.10 Å². The summed E-state index contributed by atoms with van der Waals surface area (Å²) in [6.07, 6.45) is 5.30. The summed E-state index contributed by atoms with van der Waals surface area (Å²) in [5, 5.41) is 12.6. The molecule has 0 unspecified atom stereocenters. The van der Waals surface area contributed by atoms with Gasteiger partial charge in [0.2, 0.25) is 0 Å². The van der Waals surface area contributed by atoms with Gasteiger partial charge in [-0.1, -0.05) is 18.2 Å². The van der Waals surface area contributed by atoms with Gasteiger partial charge < -0.3 is 5.32 Å². The summed E-state index contributed by atoms with van der Waals surface area (Å²) < 4.78 is 0. The molecule has 0 amide bonds. The Kier molecular flexibility index (Phi) is 3.31. The van der Waals surface area contributed by atoms with Gasteiger partial charge >= 0.3 is 0 Å². The predicted octanol–water partition coefficient (Wildman–Crippen LogP) is 4.31. The molecule has 0 saturated heterocycles. The molecule has 5 aromatic rings. The minimum absolute atomic E-state index is 0.660. The van der Waals surface area contributed by atoms with Crippen molar-refractivity contribution in [3.8, 4) is 11.4 Å². The first-order chi connectivity index (χ1) is 12.9. The summed E-state index contributed by atoms with van der Waals surface area (Å²) in [5.74, 6) is 1.42. The van der Waals surface area contributed by atoms with Gasteiger partial charge in [0, 0.05) is 28.7 Å². The molecular formula is C20H14N6. The number of hydrogen-bond acceptors (Lipinski definition) is 5. The fourth-order valence-electron chi connectivity index (χ4n) is 3.01. The third-order valence-electron chi connectivity index (χ3n) is 4.28. The van der Waals surface area contributed by atoms with Crippen molar-refractivity contribution < 1.29 is 0 Å². The van der Waals surface area contributed by atoms with E-state index in [1.54, 1.807) is 12.4 Å². The van der Waals surface area contributed by atoms with E-state index < -0.39 is 0 Å². The zero-order chi connectivity index (χ0) is 17.3. The van der Waals surface area contributed by atoms with E-state index in [9.17, 15) is 0 Å². The van der Waals surface area contributed by atoms with E-state index in [1.165, 1.54) is 0 Å². The summed E-state index contributed by atoms with van der Waals surface area (Å²) in [7, 11) is 0. The number of pyridine rings is 1. The number of aromatic nitrogens is 5. The molecule has 124 valence electrons. The molecule has 2 aromatic carbocycles. The number of fused-ring (bicyclic) bond motifs is 2. The van der Waals surface area contributed by atoms with Crippen molar-refractivity contribution in [3.05, 3.63) is 73.2 Å². The predicted molar refractivity (Wildman–Crippen MR) is 102 cm³/mol. The first-order valence-electron chi connectivity index (χ1n) is 8.25. The van der Waals surface area contributed by atoms with Gasteiger partial charge in [0.1, 0.15) is 5.82 Å². The Bertz CT molecular complexity index is 1210. The molecule has 0 saturated carbocycles. The largest absolute Gasteiger partial charge is 0.339 e. The van der Waals surface area contributed by atoms with Crippen molar-refractivity contribution in [2.75, 3.05) is 5.32 Å². The second kappa shape index (κ2) is 5.93. The molecule has 0 aliphatic carbocycles. The van der Waals surface area contributed by atoms with Crippen molar-refractivity contribution in [2.24, 2.45) is 0 Å². The molecular weight excluding hydrogens is 324 g/mol. The van der Waals surface area contributed by atoms with Crippen molar-refractivity contribution in [2.45, 2.75) is 0 Å². The lowest BCUT2D eigenvalue weighted by molar-refractivity contribution is 1.12. The average molecular weight is 338 g/mol. The molecule has 3 aromatic heterocycles. The lowest BCUT2D eigenvalue weighted by Crippen LogP contribution is -1.99. The molecule has 0 atom stereocenters. The van der Waals surface area contributed by atoms with Crippen LogP contribution in [0.15, 0.2) is 73.2 Å². The number of anilines is 2. The molecule has 5 rings (SSSR count). The van der Waals surface area contributed by atoms with E-state index in [1.807, 2.05) is 60.8 Å². The minimum atomic E-state index is 0.660. The number of aromatic amines is 1. The van der Waals surface area contributed by atoms with Crippen molar-refractivity contribution in [1.82, 2.24) is 25.1 Å². The first kappa shape index (κ1) is 14.5. The van der Waals surface area contributed by atoms with Gasteiger partial charge in [0.25, 0.3) is 0 Å². The van der Waals surface area contributed by atoms with Gasteiger partial charge in [-0.15, -0.1) is 0 Å². The van der Waals surface area contributed by atoms with Gasteiger partial charge in [-0.05, 0) is 36.4 Å². The van der Waals surface area contributed by atoms with E-state index >= 15 is 0 Å². The van der Waals surface area contributed by atoms with Crippen LogP contribution in [-0.4, -0.2) is 25.1 Å². The molecule has 0 aliphatic heterocycles. The maximum atomic E-state index is 4.78. The molecule has 0 radical (unpaired) electrons. The third-order valence-corrected chi connectivity index (χ3v) is 4.28. The molecule has 0 spiro atoms. The van der Waals surface area contributed by atoms with Gasteiger partial charge in [-0.3, -0.25) is 10.1 Å². The number of nitrogens with one attached hydrogen (secondary N) is 2. The number of nitrogens with zero attached hydrogens (tertiary/aromatic N) is 4.